The minimum absolute atomic E-state index is 0.176. The molecule has 0 saturated heterocycles. The van der Waals surface area contributed by atoms with Gasteiger partial charge in [-0.15, -0.1) is 0 Å². The molecule has 6 heteroatoms. The number of rotatable bonds is 2. The second-order valence-electron chi connectivity index (χ2n) is 3.15. The number of ether oxygens (including phenoxy) is 1. The van der Waals surface area contributed by atoms with E-state index in [9.17, 15) is 14.8 Å². The Hall–Kier alpha value is -2.24. The Morgan fingerprint density at radius 2 is 2.31 bits per heavy atom. The third-order valence-corrected chi connectivity index (χ3v) is 2.16. The summed E-state index contributed by atoms with van der Waals surface area (Å²) in [5.74, 6) is -0.737. The van der Waals surface area contributed by atoms with Crippen molar-refractivity contribution in [3.8, 4) is 0 Å². The lowest BCUT2D eigenvalue weighted by Gasteiger charge is -2.05. The Morgan fingerprint density at radius 1 is 1.56 bits per heavy atom. The van der Waals surface area contributed by atoms with Gasteiger partial charge < -0.3 is 9.94 Å². The molecule has 6 nitrogen and oxygen atoms in total. The van der Waals surface area contributed by atoms with E-state index in [0.29, 0.717) is 10.4 Å². The van der Waals surface area contributed by atoms with E-state index in [1.54, 1.807) is 19.1 Å². The fourth-order valence-corrected chi connectivity index (χ4v) is 1.44. The smallest absolute Gasteiger partial charge is 0.344 e. The van der Waals surface area contributed by atoms with Crippen molar-refractivity contribution >= 4 is 11.5 Å². The molecule has 0 aromatic carbocycles. The molecule has 84 valence electrons. The van der Waals surface area contributed by atoms with Crippen molar-refractivity contribution in [2.45, 2.75) is 6.92 Å². The largest absolute Gasteiger partial charge is 0.462 e. The summed E-state index contributed by atoms with van der Waals surface area (Å²) in [4.78, 5) is 23.4. The molecular weight excluding hydrogens is 212 g/mol. The summed E-state index contributed by atoms with van der Waals surface area (Å²) in [5, 5.41) is 9.50. The van der Waals surface area contributed by atoms with Crippen molar-refractivity contribution in [3.63, 3.8) is 0 Å². The number of fused-ring (bicyclic) bond motifs is 1. The molecule has 0 fully saturated rings. The van der Waals surface area contributed by atoms with Crippen LogP contribution >= 0.6 is 0 Å². The summed E-state index contributed by atoms with van der Waals surface area (Å²) < 4.78 is 5.94. The molecule has 0 aliphatic rings. The van der Waals surface area contributed by atoms with Gasteiger partial charge in [0, 0.05) is 6.20 Å². The lowest BCUT2D eigenvalue weighted by atomic mass is 10.3. The lowest BCUT2D eigenvalue weighted by molar-refractivity contribution is 0.0511. The van der Waals surface area contributed by atoms with Gasteiger partial charge >= 0.3 is 11.5 Å². The van der Waals surface area contributed by atoms with Crippen LogP contribution in [0, 0.1) is 0 Å². The van der Waals surface area contributed by atoms with Gasteiger partial charge in [0.05, 0.1) is 12.1 Å². The van der Waals surface area contributed by atoms with Crippen LogP contribution in [0.25, 0.3) is 5.52 Å². The highest BCUT2D eigenvalue weighted by Crippen LogP contribution is 2.05. The number of carbonyl (C=O) groups excluding carboxylic acids is 1. The van der Waals surface area contributed by atoms with Gasteiger partial charge in [0.1, 0.15) is 5.56 Å². The molecule has 0 atom stereocenters. The maximum absolute atomic E-state index is 11.6. The van der Waals surface area contributed by atoms with Gasteiger partial charge in [0.15, 0.2) is 0 Å². The molecule has 0 radical (unpaired) electrons. The van der Waals surface area contributed by atoms with Crippen LogP contribution in [0.1, 0.15) is 17.3 Å². The summed E-state index contributed by atoms with van der Waals surface area (Å²) in [7, 11) is 0. The van der Waals surface area contributed by atoms with Gasteiger partial charge in [-0.3, -0.25) is 4.79 Å². The average Bonchev–Trinajstić information content (AvgIpc) is 2.71. The van der Waals surface area contributed by atoms with Crippen molar-refractivity contribution in [3.05, 3.63) is 40.3 Å². The number of hydrogen-bond donors (Lipinski definition) is 1. The van der Waals surface area contributed by atoms with E-state index in [4.69, 9.17) is 4.74 Å². The van der Waals surface area contributed by atoms with E-state index in [-0.39, 0.29) is 12.2 Å². The Bertz CT molecular complexity index is 596. The van der Waals surface area contributed by atoms with Gasteiger partial charge in [-0.1, -0.05) is 4.85 Å². The van der Waals surface area contributed by atoms with E-state index < -0.39 is 11.5 Å². The maximum atomic E-state index is 11.6. The zero-order chi connectivity index (χ0) is 11.7. The standard InChI is InChI=1S/C10H10N2O4/c1-2-16-10(14)8-6-7-4-3-5-11(7)12(15)9(8)13/h3-6,15H,2H2,1H3. The van der Waals surface area contributed by atoms with E-state index >= 15 is 0 Å². The van der Waals surface area contributed by atoms with Crippen molar-refractivity contribution in [1.82, 2.24) is 9.36 Å². The van der Waals surface area contributed by atoms with Crippen LogP contribution in [0.15, 0.2) is 29.2 Å². The molecule has 2 aromatic heterocycles. The third-order valence-electron chi connectivity index (χ3n) is 2.16. The molecule has 0 amide bonds. The van der Waals surface area contributed by atoms with E-state index in [1.807, 2.05) is 0 Å². The fourth-order valence-electron chi connectivity index (χ4n) is 1.44. The second kappa shape index (κ2) is 3.73. The highest BCUT2D eigenvalue weighted by molar-refractivity contribution is 5.90. The predicted octanol–water partition coefficient (Wildman–Crippen LogP) is 0.515. The molecule has 2 aromatic rings. The normalized spacial score (nSPS) is 10.6. The molecule has 0 spiro atoms. The molecule has 2 rings (SSSR count). The molecular formula is C10H10N2O4. The first-order valence-electron chi connectivity index (χ1n) is 4.75. The first kappa shape index (κ1) is 10.3. The average molecular weight is 222 g/mol. The molecule has 0 bridgehead atoms. The number of hydrogen-bond acceptors (Lipinski definition) is 4. The fraction of sp³-hybridized carbons (Fsp3) is 0.200. The summed E-state index contributed by atoms with van der Waals surface area (Å²) in [6, 6.07) is 4.69. The first-order chi connectivity index (χ1) is 7.65. The molecule has 1 N–H and O–H groups in total. The third kappa shape index (κ3) is 1.44. The molecule has 0 aliphatic heterocycles. The molecule has 0 aliphatic carbocycles. The molecule has 0 unspecified atom stereocenters. The SMILES string of the molecule is CCOC(=O)c1cc2cccn2n(O)c1=O. The van der Waals surface area contributed by atoms with Crippen LogP contribution in [0.4, 0.5) is 0 Å². The predicted molar refractivity (Wildman–Crippen MR) is 54.8 cm³/mol. The number of aromatic nitrogens is 2. The zero-order valence-electron chi connectivity index (χ0n) is 8.58. The summed E-state index contributed by atoms with van der Waals surface area (Å²) >= 11 is 0. The summed E-state index contributed by atoms with van der Waals surface area (Å²) in [6.45, 7) is 1.82. The summed E-state index contributed by atoms with van der Waals surface area (Å²) in [5.41, 5.74) is -0.456. The monoisotopic (exact) mass is 222 g/mol. The van der Waals surface area contributed by atoms with E-state index in [2.05, 4.69) is 0 Å². The Balaban J connectivity index is 2.66. The number of carbonyl (C=O) groups is 1. The maximum Gasteiger partial charge on any atom is 0.344 e. The highest BCUT2D eigenvalue weighted by Gasteiger charge is 2.15. The van der Waals surface area contributed by atoms with Crippen LogP contribution in [0.5, 0.6) is 0 Å². The van der Waals surface area contributed by atoms with Crippen LogP contribution in [0.3, 0.4) is 0 Å². The van der Waals surface area contributed by atoms with Gasteiger partial charge in [0.2, 0.25) is 0 Å². The van der Waals surface area contributed by atoms with Crippen LogP contribution in [-0.2, 0) is 4.74 Å². The second-order valence-corrected chi connectivity index (χ2v) is 3.15. The van der Waals surface area contributed by atoms with Crippen molar-refractivity contribution in [2.24, 2.45) is 0 Å². The lowest BCUT2D eigenvalue weighted by Crippen LogP contribution is -2.29. The van der Waals surface area contributed by atoms with Gasteiger partial charge in [-0.05, 0) is 25.1 Å². The van der Waals surface area contributed by atoms with Gasteiger partial charge in [0.25, 0.3) is 0 Å². The number of nitrogens with zero attached hydrogens (tertiary/aromatic N) is 2. The highest BCUT2D eigenvalue weighted by atomic mass is 16.5. The Kier molecular flexibility index (Phi) is 2.40. The first-order valence-corrected chi connectivity index (χ1v) is 4.75. The summed E-state index contributed by atoms with van der Waals surface area (Å²) in [6.07, 6.45) is 1.51. The molecule has 0 saturated carbocycles. The van der Waals surface area contributed by atoms with Crippen molar-refractivity contribution in [2.75, 3.05) is 6.61 Å². The quantitative estimate of drug-likeness (QED) is 0.593. The van der Waals surface area contributed by atoms with Crippen LogP contribution in [-0.4, -0.2) is 27.1 Å². The minimum Gasteiger partial charge on any atom is -0.462 e. The van der Waals surface area contributed by atoms with Crippen LogP contribution in [0.2, 0.25) is 0 Å². The minimum atomic E-state index is -0.804. The van der Waals surface area contributed by atoms with Crippen LogP contribution < -0.4 is 5.56 Å². The van der Waals surface area contributed by atoms with Crippen molar-refractivity contribution < 1.29 is 14.7 Å². The zero-order valence-corrected chi connectivity index (χ0v) is 8.58. The van der Waals surface area contributed by atoms with E-state index in [1.165, 1.54) is 16.8 Å². The topological polar surface area (TPSA) is 72.9 Å². The Morgan fingerprint density at radius 3 is 3.00 bits per heavy atom. The Labute approximate surface area is 90.2 Å². The molecule has 2 heterocycles. The van der Waals surface area contributed by atoms with E-state index in [0.717, 1.165) is 0 Å². The van der Waals surface area contributed by atoms with Gasteiger partial charge in [-0.2, -0.15) is 0 Å². The molecule has 16 heavy (non-hydrogen) atoms. The van der Waals surface area contributed by atoms with Gasteiger partial charge in [-0.25, -0.2) is 9.31 Å². The van der Waals surface area contributed by atoms with Crippen molar-refractivity contribution in [1.29, 1.82) is 0 Å². The number of esters is 1.